The van der Waals surface area contributed by atoms with Gasteiger partial charge in [0.05, 0.1) is 17.8 Å². The number of carbonyl (C=O) groups excluding carboxylic acids is 3. The lowest BCUT2D eigenvalue weighted by molar-refractivity contribution is -0.247. The van der Waals surface area contributed by atoms with Gasteiger partial charge in [0.2, 0.25) is 0 Å². The maximum atomic E-state index is 13.7. The van der Waals surface area contributed by atoms with Gasteiger partial charge >= 0.3 is 17.9 Å². The number of hydrogen-bond acceptors (Lipinski definition) is 8. The van der Waals surface area contributed by atoms with Crippen molar-refractivity contribution >= 4 is 28.0 Å². The lowest BCUT2D eigenvalue weighted by Crippen LogP contribution is -2.68. The lowest BCUT2D eigenvalue weighted by atomic mass is 9.34. The molecule has 6 saturated carbocycles. The molecule has 10 atom stereocenters. The lowest BCUT2D eigenvalue weighted by Gasteiger charge is -2.69. The Balaban J connectivity index is 1.16. The molecule has 7 fully saturated rings. The molecule has 1 N–H and O–H groups in total. The summed E-state index contributed by atoms with van der Waals surface area (Å²) in [5.41, 5.74) is -0.0667. The molecule has 1 heterocycles. The van der Waals surface area contributed by atoms with E-state index in [-0.39, 0.29) is 24.9 Å². The average Bonchev–Trinajstić information content (AvgIpc) is 3.09. The first-order chi connectivity index (χ1) is 16.0. The molecule has 1 aliphatic heterocycles. The van der Waals surface area contributed by atoms with Crippen molar-refractivity contribution in [2.45, 2.75) is 70.5 Å². The van der Waals surface area contributed by atoms with Gasteiger partial charge in [0.15, 0.2) is 5.92 Å². The summed E-state index contributed by atoms with van der Waals surface area (Å²) in [4.78, 5) is 39.1. The molecule has 34 heavy (non-hydrogen) atoms. The SMILES string of the molecule is CC1CC2C(OC(=O)C34CC5CC6CCC(C5)(C3)C64)C1OC(=O)[C@@H]2C(=O)OCCCS(=O)(=O)O. The first-order valence-corrected chi connectivity index (χ1v) is 14.2. The van der Waals surface area contributed by atoms with E-state index >= 15 is 0 Å². The first-order valence-electron chi connectivity index (χ1n) is 12.6. The highest BCUT2D eigenvalue weighted by Crippen LogP contribution is 2.81. The van der Waals surface area contributed by atoms with Gasteiger partial charge in [0.25, 0.3) is 10.1 Å². The molecule has 0 aromatic rings. The number of ether oxygens (including phenoxy) is 3. The van der Waals surface area contributed by atoms with Crippen LogP contribution in [-0.2, 0) is 38.7 Å². The Morgan fingerprint density at radius 3 is 2.76 bits per heavy atom. The second kappa shape index (κ2) is 7.41. The third-order valence-corrected chi connectivity index (χ3v) is 10.8. The van der Waals surface area contributed by atoms with Crippen molar-refractivity contribution < 1.29 is 41.6 Å². The van der Waals surface area contributed by atoms with E-state index in [1.807, 2.05) is 6.92 Å². The number of hydrogen-bond donors (Lipinski definition) is 1. The highest BCUT2D eigenvalue weighted by molar-refractivity contribution is 7.85. The third-order valence-electron chi connectivity index (χ3n) is 9.97. The molecule has 6 aliphatic carbocycles. The molecule has 7 bridgehead atoms. The quantitative estimate of drug-likeness (QED) is 0.185. The van der Waals surface area contributed by atoms with Crippen molar-refractivity contribution in [3.05, 3.63) is 0 Å². The topological polar surface area (TPSA) is 133 Å². The summed E-state index contributed by atoms with van der Waals surface area (Å²) in [6.07, 6.45) is 5.92. The smallest absolute Gasteiger partial charge is 0.321 e. The Morgan fingerprint density at radius 1 is 1.24 bits per heavy atom. The van der Waals surface area contributed by atoms with Crippen LogP contribution in [0.1, 0.15) is 58.3 Å². The van der Waals surface area contributed by atoms with Gasteiger partial charge in [-0.15, -0.1) is 0 Å². The molecule has 7 rings (SSSR count). The van der Waals surface area contributed by atoms with Crippen LogP contribution in [0.5, 0.6) is 0 Å². The fourth-order valence-corrected chi connectivity index (χ4v) is 9.74. The minimum absolute atomic E-state index is 0.0479. The predicted molar refractivity (Wildman–Crippen MR) is 116 cm³/mol. The maximum absolute atomic E-state index is 13.7. The third kappa shape index (κ3) is 3.20. The van der Waals surface area contributed by atoms with Gasteiger partial charge in [-0.1, -0.05) is 6.92 Å². The van der Waals surface area contributed by atoms with Crippen LogP contribution < -0.4 is 0 Å². The maximum Gasteiger partial charge on any atom is 0.321 e. The van der Waals surface area contributed by atoms with Crippen LogP contribution in [-0.4, -0.2) is 55.4 Å². The van der Waals surface area contributed by atoms with Gasteiger partial charge < -0.3 is 14.2 Å². The summed E-state index contributed by atoms with van der Waals surface area (Å²) in [5, 5.41) is 0. The van der Waals surface area contributed by atoms with Crippen LogP contribution in [0.2, 0.25) is 0 Å². The molecule has 9 unspecified atom stereocenters. The summed E-state index contributed by atoms with van der Waals surface area (Å²) in [6.45, 7) is 1.69. The average molecular weight is 497 g/mol. The Hall–Kier alpha value is -1.68. The van der Waals surface area contributed by atoms with Crippen molar-refractivity contribution in [1.29, 1.82) is 0 Å². The molecule has 10 heteroatoms. The van der Waals surface area contributed by atoms with E-state index in [4.69, 9.17) is 18.8 Å². The van der Waals surface area contributed by atoms with Crippen molar-refractivity contribution in [3.8, 4) is 0 Å². The number of rotatable bonds is 7. The Labute approximate surface area is 199 Å². The van der Waals surface area contributed by atoms with Crippen molar-refractivity contribution in [3.63, 3.8) is 0 Å². The molecule has 1 saturated heterocycles. The van der Waals surface area contributed by atoms with Gasteiger partial charge in [0, 0.05) is 5.92 Å². The summed E-state index contributed by atoms with van der Waals surface area (Å²) in [6, 6.07) is 0. The number of fused-ring (bicyclic) bond motifs is 2. The van der Waals surface area contributed by atoms with E-state index in [1.54, 1.807) is 0 Å². The molecule has 1 spiro atoms. The van der Waals surface area contributed by atoms with Crippen LogP contribution >= 0.6 is 0 Å². The normalized spacial score (nSPS) is 47.6. The highest BCUT2D eigenvalue weighted by atomic mass is 32.2. The van der Waals surface area contributed by atoms with Crippen LogP contribution in [0, 0.1) is 46.3 Å². The van der Waals surface area contributed by atoms with E-state index in [1.165, 1.54) is 25.7 Å². The first kappa shape index (κ1) is 22.8. The van der Waals surface area contributed by atoms with E-state index in [0.29, 0.717) is 29.6 Å². The van der Waals surface area contributed by atoms with Crippen LogP contribution in [0.25, 0.3) is 0 Å². The highest BCUT2D eigenvalue weighted by Gasteiger charge is 2.77. The van der Waals surface area contributed by atoms with Crippen LogP contribution in [0.3, 0.4) is 0 Å². The van der Waals surface area contributed by atoms with Crippen LogP contribution in [0.4, 0.5) is 0 Å². The summed E-state index contributed by atoms with van der Waals surface area (Å²) in [5.74, 6) is -2.30. The zero-order chi connectivity index (χ0) is 24.0. The van der Waals surface area contributed by atoms with E-state index in [2.05, 4.69) is 0 Å². The molecule has 9 nitrogen and oxygen atoms in total. The number of carbonyl (C=O) groups is 3. The second-order valence-corrected chi connectivity index (χ2v) is 13.5. The molecule has 0 amide bonds. The molecular formula is C24H32O9S. The minimum atomic E-state index is -4.16. The standard InChI is InChI=1S/C24H32O9S/c1-12-7-15-16(20(25)31-5-2-6-34(28,29)30)21(26)32-17(12)18(15)33-22(27)24-10-13-8-14-3-4-23(9-13,11-24)19(14)24/h12-19H,2-11H2,1H3,(H,28,29,30)/t12?,13?,14?,15?,16-,17?,18?,19?,23?,24?/m0/s1. The van der Waals surface area contributed by atoms with Crippen molar-refractivity contribution in [2.24, 2.45) is 46.3 Å². The molecule has 188 valence electrons. The summed E-state index contributed by atoms with van der Waals surface area (Å²) < 4.78 is 47.5. The predicted octanol–water partition coefficient (Wildman–Crippen LogP) is 2.13. The zero-order valence-electron chi connectivity index (χ0n) is 19.3. The second-order valence-electron chi connectivity index (χ2n) is 11.9. The molecular weight excluding hydrogens is 464 g/mol. The van der Waals surface area contributed by atoms with E-state index in [9.17, 15) is 22.8 Å². The Kier molecular flexibility index (Phi) is 4.96. The van der Waals surface area contributed by atoms with Crippen LogP contribution in [0.15, 0.2) is 0 Å². The summed E-state index contributed by atoms with van der Waals surface area (Å²) in [7, 11) is -4.16. The monoisotopic (exact) mass is 496 g/mol. The van der Waals surface area contributed by atoms with Gasteiger partial charge in [-0.25, -0.2) is 0 Å². The van der Waals surface area contributed by atoms with Gasteiger partial charge in [0.1, 0.15) is 12.2 Å². The van der Waals surface area contributed by atoms with E-state index < -0.39 is 57.3 Å². The zero-order valence-corrected chi connectivity index (χ0v) is 20.1. The minimum Gasteiger partial charge on any atom is -0.465 e. The Morgan fingerprint density at radius 2 is 2.03 bits per heavy atom. The van der Waals surface area contributed by atoms with Gasteiger partial charge in [-0.2, -0.15) is 8.42 Å². The molecule has 0 aromatic carbocycles. The molecule has 7 aliphatic rings. The molecule has 0 radical (unpaired) electrons. The van der Waals surface area contributed by atoms with Crippen molar-refractivity contribution in [2.75, 3.05) is 12.4 Å². The largest absolute Gasteiger partial charge is 0.465 e. The summed E-state index contributed by atoms with van der Waals surface area (Å²) >= 11 is 0. The Bertz CT molecular complexity index is 1040. The van der Waals surface area contributed by atoms with Gasteiger partial charge in [-0.3, -0.25) is 18.9 Å². The fourth-order valence-electron chi connectivity index (χ4n) is 9.26. The fraction of sp³-hybridized carbons (Fsp3) is 0.875. The van der Waals surface area contributed by atoms with Gasteiger partial charge in [-0.05, 0) is 80.5 Å². The van der Waals surface area contributed by atoms with Crippen molar-refractivity contribution in [1.82, 2.24) is 0 Å². The van der Waals surface area contributed by atoms with E-state index in [0.717, 1.165) is 12.8 Å². The number of esters is 3. The molecule has 0 aromatic heterocycles.